The Bertz CT molecular complexity index is 430. The normalized spacial score (nSPS) is 9.89. The predicted octanol–water partition coefficient (Wildman–Crippen LogP) is 3.48. The van der Waals surface area contributed by atoms with Gasteiger partial charge in [-0.05, 0) is 38.4 Å². The zero-order chi connectivity index (χ0) is 13.5. The maximum Gasteiger partial charge on any atom is 0.252 e. The molecule has 0 atom stereocenters. The van der Waals surface area contributed by atoms with E-state index in [1.165, 1.54) is 11.8 Å². The molecular weight excluding hydrogens is 327 g/mol. The van der Waals surface area contributed by atoms with Crippen molar-refractivity contribution in [2.24, 2.45) is 0 Å². The van der Waals surface area contributed by atoms with Crippen molar-refractivity contribution in [2.75, 3.05) is 26.4 Å². The number of rotatable bonds is 6. The molecule has 0 heterocycles. The monoisotopic (exact) mass is 342 g/mol. The van der Waals surface area contributed by atoms with Gasteiger partial charge in [-0.3, -0.25) is 4.79 Å². The van der Waals surface area contributed by atoms with Gasteiger partial charge in [-0.2, -0.15) is 0 Å². The van der Waals surface area contributed by atoms with Crippen molar-refractivity contribution in [2.45, 2.75) is 11.3 Å². The van der Waals surface area contributed by atoms with Crippen LogP contribution < -0.4 is 10.6 Å². The van der Waals surface area contributed by atoms with Gasteiger partial charge in [0.15, 0.2) is 0 Å². The number of hydrogen-bond acceptors (Lipinski definition) is 3. The topological polar surface area (TPSA) is 41.1 Å². The minimum atomic E-state index is -0.164. The lowest BCUT2D eigenvalue weighted by molar-refractivity contribution is 0.0953. The lowest BCUT2D eigenvalue weighted by atomic mass is 10.2. The Morgan fingerprint density at radius 2 is 1.95 bits per heavy atom. The summed E-state index contributed by atoms with van der Waals surface area (Å²) >= 11 is 13.5. The molecule has 0 unspecified atom stereocenters. The molecule has 0 fully saturated rings. The third kappa shape index (κ3) is 5.79. The van der Waals surface area contributed by atoms with Crippen LogP contribution in [0.4, 0.5) is 0 Å². The van der Waals surface area contributed by atoms with Crippen LogP contribution in [0.2, 0.25) is 10.0 Å². The Morgan fingerprint density at radius 1 is 1.26 bits per heavy atom. The van der Waals surface area contributed by atoms with E-state index in [1.54, 1.807) is 12.1 Å². The Balaban J connectivity index is 0.00000324. The van der Waals surface area contributed by atoms with Gasteiger partial charge in [0.1, 0.15) is 0 Å². The smallest absolute Gasteiger partial charge is 0.252 e. The van der Waals surface area contributed by atoms with E-state index in [2.05, 4.69) is 10.6 Å². The quantitative estimate of drug-likeness (QED) is 0.614. The van der Waals surface area contributed by atoms with Crippen LogP contribution in [-0.4, -0.2) is 32.3 Å². The first-order valence-corrected chi connectivity index (χ1v) is 7.54. The van der Waals surface area contributed by atoms with Gasteiger partial charge in [0.05, 0.1) is 15.6 Å². The third-order valence-corrected chi connectivity index (χ3v) is 3.89. The van der Waals surface area contributed by atoms with E-state index < -0.39 is 0 Å². The Hall–Kier alpha value is -0.130. The standard InChI is InChI=1S/C12H16Cl2N2OS.ClH/c1-15-4-3-5-16-12(17)8-6-11(18-2)10(14)7-9(8)13;/h6-7,15H,3-5H2,1-2H3,(H,16,17);1H. The summed E-state index contributed by atoms with van der Waals surface area (Å²) < 4.78 is 0. The molecule has 7 heteroatoms. The number of carbonyl (C=O) groups excluding carboxylic acids is 1. The molecule has 0 radical (unpaired) electrons. The predicted molar refractivity (Wildman–Crippen MR) is 86.4 cm³/mol. The molecule has 1 aromatic carbocycles. The third-order valence-electron chi connectivity index (χ3n) is 2.38. The summed E-state index contributed by atoms with van der Waals surface area (Å²) in [7, 11) is 1.88. The molecule has 3 nitrogen and oxygen atoms in total. The highest BCUT2D eigenvalue weighted by Crippen LogP contribution is 2.31. The van der Waals surface area contributed by atoms with Crippen LogP contribution in [0.3, 0.4) is 0 Å². The Morgan fingerprint density at radius 3 is 2.53 bits per heavy atom. The fourth-order valence-electron chi connectivity index (χ4n) is 1.42. The van der Waals surface area contributed by atoms with Crippen LogP contribution in [0.1, 0.15) is 16.8 Å². The summed E-state index contributed by atoms with van der Waals surface area (Å²) in [5.74, 6) is -0.164. The summed E-state index contributed by atoms with van der Waals surface area (Å²) in [5.41, 5.74) is 0.467. The Labute approximate surface area is 134 Å². The highest BCUT2D eigenvalue weighted by Gasteiger charge is 2.13. The molecule has 108 valence electrons. The average molecular weight is 344 g/mol. The molecule has 2 N–H and O–H groups in total. The van der Waals surface area contributed by atoms with Crippen molar-refractivity contribution in [3.8, 4) is 0 Å². The van der Waals surface area contributed by atoms with Crippen LogP contribution in [0.5, 0.6) is 0 Å². The molecule has 0 aliphatic carbocycles. The Kier molecular flexibility index (Phi) is 9.66. The molecule has 1 rings (SSSR count). The van der Waals surface area contributed by atoms with Crippen molar-refractivity contribution in [3.05, 3.63) is 27.7 Å². The van der Waals surface area contributed by atoms with E-state index >= 15 is 0 Å². The second-order valence-corrected chi connectivity index (χ2v) is 5.34. The fraction of sp³-hybridized carbons (Fsp3) is 0.417. The number of thioether (sulfide) groups is 1. The summed E-state index contributed by atoms with van der Waals surface area (Å²) in [6.07, 6.45) is 2.78. The number of hydrogen-bond donors (Lipinski definition) is 2. The molecule has 0 aromatic heterocycles. The van der Waals surface area contributed by atoms with E-state index in [-0.39, 0.29) is 18.3 Å². The van der Waals surface area contributed by atoms with Crippen LogP contribution in [0.25, 0.3) is 0 Å². The average Bonchev–Trinajstić information content (AvgIpc) is 2.34. The van der Waals surface area contributed by atoms with Crippen LogP contribution >= 0.6 is 47.4 Å². The molecule has 19 heavy (non-hydrogen) atoms. The number of carbonyl (C=O) groups is 1. The maximum absolute atomic E-state index is 11.9. The summed E-state index contributed by atoms with van der Waals surface area (Å²) in [5, 5.41) is 6.80. The van der Waals surface area contributed by atoms with Gasteiger partial charge in [-0.1, -0.05) is 23.2 Å². The lowest BCUT2D eigenvalue weighted by Gasteiger charge is -2.09. The molecule has 0 aliphatic rings. The zero-order valence-electron chi connectivity index (χ0n) is 10.8. The second-order valence-electron chi connectivity index (χ2n) is 3.68. The van der Waals surface area contributed by atoms with E-state index in [4.69, 9.17) is 23.2 Å². The van der Waals surface area contributed by atoms with Crippen LogP contribution in [-0.2, 0) is 0 Å². The van der Waals surface area contributed by atoms with E-state index in [9.17, 15) is 4.79 Å². The summed E-state index contributed by atoms with van der Waals surface area (Å²) in [6.45, 7) is 1.48. The molecule has 0 bridgehead atoms. The van der Waals surface area contributed by atoms with Gasteiger partial charge >= 0.3 is 0 Å². The van der Waals surface area contributed by atoms with Gasteiger partial charge in [0.2, 0.25) is 0 Å². The molecule has 0 spiro atoms. The van der Waals surface area contributed by atoms with Gasteiger partial charge < -0.3 is 10.6 Å². The zero-order valence-corrected chi connectivity index (χ0v) is 13.9. The first kappa shape index (κ1) is 18.9. The van der Waals surface area contributed by atoms with Crippen molar-refractivity contribution in [1.29, 1.82) is 0 Å². The van der Waals surface area contributed by atoms with E-state index in [0.717, 1.165) is 17.9 Å². The van der Waals surface area contributed by atoms with Crippen LogP contribution in [0.15, 0.2) is 17.0 Å². The lowest BCUT2D eigenvalue weighted by Crippen LogP contribution is -2.26. The first-order valence-electron chi connectivity index (χ1n) is 5.56. The fourth-order valence-corrected chi connectivity index (χ4v) is 2.61. The molecule has 0 saturated carbocycles. The highest BCUT2D eigenvalue weighted by molar-refractivity contribution is 7.98. The summed E-state index contributed by atoms with van der Waals surface area (Å²) in [4.78, 5) is 12.8. The molecular formula is C12H17Cl3N2OS. The largest absolute Gasteiger partial charge is 0.352 e. The van der Waals surface area contributed by atoms with Gasteiger partial charge in [-0.25, -0.2) is 0 Å². The second kappa shape index (κ2) is 9.72. The van der Waals surface area contributed by atoms with Crippen molar-refractivity contribution in [1.82, 2.24) is 10.6 Å². The maximum atomic E-state index is 11.9. The minimum absolute atomic E-state index is 0. The molecule has 0 saturated heterocycles. The molecule has 0 aliphatic heterocycles. The number of amides is 1. The van der Waals surface area contributed by atoms with Gasteiger partial charge in [0, 0.05) is 11.4 Å². The van der Waals surface area contributed by atoms with Crippen molar-refractivity contribution in [3.63, 3.8) is 0 Å². The van der Waals surface area contributed by atoms with E-state index in [1.807, 2.05) is 13.3 Å². The van der Waals surface area contributed by atoms with Crippen LogP contribution in [0, 0.1) is 0 Å². The van der Waals surface area contributed by atoms with Gasteiger partial charge in [0.25, 0.3) is 5.91 Å². The summed E-state index contributed by atoms with van der Waals surface area (Å²) in [6, 6.07) is 3.33. The number of benzene rings is 1. The molecule has 1 aromatic rings. The van der Waals surface area contributed by atoms with Gasteiger partial charge in [-0.15, -0.1) is 24.2 Å². The number of nitrogens with one attached hydrogen (secondary N) is 2. The van der Waals surface area contributed by atoms with Crippen molar-refractivity contribution < 1.29 is 4.79 Å². The SMILES string of the molecule is CNCCCNC(=O)c1cc(SC)c(Cl)cc1Cl.Cl. The number of halogens is 3. The van der Waals surface area contributed by atoms with E-state index in [0.29, 0.717) is 22.2 Å². The van der Waals surface area contributed by atoms with Crippen molar-refractivity contribution >= 4 is 53.3 Å². The first-order chi connectivity index (χ1) is 8.60. The highest BCUT2D eigenvalue weighted by atomic mass is 35.5. The minimum Gasteiger partial charge on any atom is -0.352 e. The molecule has 1 amide bonds.